The van der Waals surface area contributed by atoms with Crippen molar-refractivity contribution in [3.8, 4) is 0 Å². The van der Waals surface area contributed by atoms with E-state index in [9.17, 15) is 9.59 Å². The van der Waals surface area contributed by atoms with Crippen LogP contribution in [0.3, 0.4) is 0 Å². The van der Waals surface area contributed by atoms with Gasteiger partial charge >= 0.3 is 11.9 Å². The highest BCUT2D eigenvalue weighted by atomic mass is 17.1. The first-order valence-electron chi connectivity index (χ1n) is 5.20. The molecule has 1 N–H and O–H groups in total. The van der Waals surface area contributed by atoms with Crippen LogP contribution in [0.25, 0.3) is 0 Å². The second-order valence-corrected chi connectivity index (χ2v) is 3.43. The number of esters is 1. The summed E-state index contributed by atoms with van der Waals surface area (Å²) in [7, 11) is 0. The molecule has 17 heavy (non-hydrogen) atoms. The smallest absolute Gasteiger partial charge is 0.367 e. The minimum Gasteiger partial charge on any atom is -0.462 e. The molecule has 0 atom stereocenters. The number of hydrogen-bond donors (Lipinski definition) is 1. The van der Waals surface area contributed by atoms with Crippen molar-refractivity contribution in [2.75, 3.05) is 6.61 Å². The highest BCUT2D eigenvalue weighted by Crippen LogP contribution is 1.94. The molecule has 0 aliphatic rings. The maximum absolute atomic E-state index is 10.7. The van der Waals surface area contributed by atoms with Gasteiger partial charge < -0.3 is 4.74 Å². The first-order chi connectivity index (χ1) is 7.86. The maximum Gasteiger partial charge on any atom is 0.367 e. The van der Waals surface area contributed by atoms with Gasteiger partial charge in [0.05, 0.1) is 6.61 Å². The molecule has 0 aliphatic carbocycles. The molecule has 0 fully saturated rings. The molecular weight excluding hydrogens is 224 g/mol. The van der Waals surface area contributed by atoms with E-state index in [2.05, 4.69) is 25.0 Å². The van der Waals surface area contributed by atoms with Gasteiger partial charge in [0.2, 0.25) is 0 Å². The summed E-state index contributed by atoms with van der Waals surface area (Å²) in [4.78, 5) is 23.9. The summed E-state index contributed by atoms with van der Waals surface area (Å²) in [5.74, 6) is -1.08. The predicted octanol–water partition coefficient (Wildman–Crippen LogP) is 2.48. The van der Waals surface area contributed by atoms with E-state index in [0.717, 1.165) is 12.8 Å². The van der Waals surface area contributed by atoms with Crippen molar-refractivity contribution < 1.29 is 24.5 Å². The van der Waals surface area contributed by atoms with E-state index in [4.69, 9.17) is 9.99 Å². The van der Waals surface area contributed by atoms with Crippen LogP contribution in [0.4, 0.5) is 0 Å². The average Bonchev–Trinajstić information content (AvgIpc) is 2.28. The highest BCUT2D eigenvalue weighted by Gasteiger charge is 2.00. The van der Waals surface area contributed by atoms with Crippen LogP contribution >= 0.6 is 0 Å². The summed E-state index contributed by atoms with van der Waals surface area (Å²) < 4.78 is 4.81. The molecule has 0 saturated carbocycles. The lowest BCUT2D eigenvalue weighted by molar-refractivity contribution is -0.229. The Hall–Kier alpha value is -1.62. The standard InChI is InChI=1S/C8H14O2.C4H6O3/c1-4-5-6-10-8(9)7(2)3;1-3(2)4(5)7-6/h2,4-6H2,1,3H3;6H,1H2,2H3. The summed E-state index contributed by atoms with van der Waals surface area (Å²) in [5.41, 5.74) is 0.651. The fraction of sp³-hybridized carbons (Fsp3) is 0.500. The molecule has 0 rings (SSSR count). The van der Waals surface area contributed by atoms with Crippen molar-refractivity contribution in [1.29, 1.82) is 0 Å². The Morgan fingerprint density at radius 3 is 1.82 bits per heavy atom. The van der Waals surface area contributed by atoms with Crippen LogP contribution in [0.5, 0.6) is 0 Å². The van der Waals surface area contributed by atoms with Crippen LogP contribution in [0, 0.1) is 0 Å². The van der Waals surface area contributed by atoms with Crippen molar-refractivity contribution in [3.63, 3.8) is 0 Å². The Morgan fingerprint density at radius 2 is 1.59 bits per heavy atom. The van der Waals surface area contributed by atoms with E-state index in [1.165, 1.54) is 6.92 Å². The molecule has 0 bridgehead atoms. The Morgan fingerprint density at radius 1 is 1.12 bits per heavy atom. The molecule has 0 aromatic heterocycles. The fourth-order valence-corrected chi connectivity index (χ4v) is 0.510. The molecule has 0 spiro atoms. The number of ether oxygens (including phenoxy) is 1. The summed E-state index contributed by atoms with van der Waals surface area (Å²) >= 11 is 0. The van der Waals surface area contributed by atoms with E-state index >= 15 is 0 Å². The van der Waals surface area contributed by atoms with E-state index in [1.807, 2.05) is 0 Å². The number of rotatable bonds is 5. The first kappa shape index (κ1) is 17.8. The molecule has 0 unspecified atom stereocenters. The van der Waals surface area contributed by atoms with Gasteiger partial charge in [0.1, 0.15) is 0 Å². The van der Waals surface area contributed by atoms with Gasteiger partial charge in [-0.25, -0.2) is 9.59 Å². The zero-order valence-corrected chi connectivity index (χ0v) is 10.6. The third-order valence-corrected chi connectivity index (χ3v) is 1.51. The first-order valence-corrected chi connectivity index (χ1v) is 5.20. The number of carbonyl (C=O) groups is 2. The molecule has 0 aliphatic heterocycles. The van der Waals surface area contributed by atoms with Gasteiger partial charge in [0.25, 0.3) is 0 Å². The zero-order chi connectivity index (χ0) is 13.8. The maximum atomic E-state index is 10.7. The van der Waals surface area contributed by atoms with Crippen LogP contribution in [0.2, 0.25) is 0 Å². The van der Waals surface area contributed by atoms with Gasteiger partial charge in [-0.1, -0.05) is 26.5 Å². The molecule has 0 saturated heterocycles. The average molecular weight is 244 g/mol. The van der Waals surface area contributed by atoms with Gasteiger partial charge in [-0.2, -0.15) is 5.26 Å². The topological polar surface area (TPSA) is 72.8 Å². The van der Waals surface area contributed by atoms with E-state index < -0.39 is 5.97 Å². The zero-order valence-electron chi connectivity index (χ0n) is 10.6. The van der Waals surface area contributed by atoms with Crippen LogP contribution in [0.1, 0.15) is 33.6 Å². The predicted molar refractivity (Wildman–Crippen MR) is 64.2 cm³/mol. The second kappa shape index (κ2) is 10.9. The summed E-state index contributed by atoms with van der Waals surface area (Å²) in [6.07, 6.45) is 1.97. The van der Waals surface area contributed by atoms with Crippen molar-refractivity contribution in [2.45, 2.75) is 33.6 Å². The Balaban J connectivity index is 0. The molecule has 0 heterocycles. The van der Waals surface area contributed by atoms with E-state index in [-0.39, 0.29) is 11.5 Å². The molecule has 0 aromatic carbocycles. The molecule has 5 nitrogen and oxygen atoms in total. The van der Waals surface area contributed by atoms with Crippen molar-refractivity contribution in [2.24, 2.45) is 0 Å². The van der Waals surface area contributed by atoms with Crippen molar-refractivity contribution in [3.05, 3.63) is 24.3 Å². The molecule has 5 heteroatoms. The number of unbranched alkanes of at least 4 members (excludes halogenated alkanes) is 1. The van der Waals surface area contributed by atoms with E-state index in [1.54, 1.807) is 6.92 Å². The summed E-state index contributed by atoms with van der Waals surface area (Å²) in [5, 5.41) is 7.59. The minimum absolute atomic E-state index is 0.183. The molecule has 0 aromatic rings. The molecular formula is C12H20O5. The Labute approximate surface area is 102 Å². The van der Waals surface area contributed by atoms with Crippen LogP contribution < -0.4 is 0 Å². The molecule has 0 amide bonds. The summed E-state index contributed by atoms with van der Waals surface area (Å²) in [6, 6.07) is 0. The lowest BCUT2D eigenvalue weighted by Gasteiger charge is -2.01. The fourth-order valence-electron chi connectivity index (χ4n) is 0.510. The third-order valence-electron chi connectivity index (χ3n) is 1.51. The van der Waals surface area contributed by atoms with Gasteiger partial charge in [-0.3, -0.25) is 4.89 Å². The molecule has 98 valence electrons. The quantitative estimate of drug-likeness (QED) is 0.264. The van der Waals surface area contributed by atoms with Gasteiger partial charge in [-0.05, 0) is 20.3 Å². The molecule has 0 radical (unpaired) electrons. The van der Waals surface area contributed by atoms with Crippen LogP contribution in [0.15, 0.2) is 24.3 Å². The normalized spacial score (nSPS) is 8.47. The number of carbonyl (C=O) groups excluding carboxylic acids is 2. The third kappa shape index (κ3) is 12.3. The minimum atomic E-state index is -0.792. The van der Waals surface area contributed by atoms with E-state index in [0.29, 0.717) is 12.2 Å². The summed E-state index contributed by atoms with van der Waals surface area (Å²) in [6.45, 7) is 12.3. The monoisotopic (exact) mass is 244 g/mol. The number of hydrogen-bond acceptors (Lipinski definition) is 5. The SMILES string of the molecule is C=C(C)C(=O)OCCCC.C=C(C)C(=O)OO. The Bertz CT molecular complexity index is 281. The van der Waals surface area contributed by atoms with Gasteiger partial charge in [0, 0.05) is 11.1 Å². The van der Waals surface area contributed by atoms with Gasteiger partial charge in [-0.15, -0.1) is 0 Å². The Kier molecular flexibility index (Phi) is 11.4. The van der Waals surface area contributed by atoms with Crippen molar-refractivity contribution >= 4 is 11.9 Å². The second-order valence-electron chi connectivity index (χ2n) is 3.43. The van der Waals surface area contributed by atoms with Crippen LogP contribution in [-0.2, 0) is 19.2 Å². The van der Waals surface area contributed by atoms with Crippen LogP contribution in [-0.4, -0.2) is 23.8 Å². The van der Waals surface area contributed by atoms with Crippen molar-refractivity contribution in [1.82, 2.24) is 0 Å². The lowest BCUT2D eigenvalue weighted by Crippen LogP contribution is -2.05. The van der Waals surface area contributed by atoms with Gasteiger partial charge in [0.15, 0.2) is 0 Å². The lowest BCUT2D eigenvalue weighted by atomic mass is 10.3. The highest BCUT2D eigenvalue weighted by molar-refractivity contribution is 5.87. The largest absolute Gasteiger partial charge is 0.462 e.